The lowest BCUT2D eigenvalue weighted by Crippen LogP contribution is -2.27. The fraction of sp³-hybridized carbons (Fsp3) is 0.400. The summed E-state index contributed by atoms with van der Waals surface area (Å²) in [6.45, 7) is 0. The molecule has 1 aromatic heterocycles. The second kappa shape index (κ2) is 5.66. The number of aromatic amines is 1. The van der Waals surface area contributed by atoms with Crippen molar-refractivity contribution in [3.05, 3.63) is 40.5 Å². The molecule has 0 aliphatic heterocycles. The smallest absolute Gasteiger partial charge is 0.133 e. The summed E-state index contributed by atoms with van der Waals surface area (Å²) in [5, 5.41) is 0. The van der Waals surface area contributed by atoms with Crippen molar-refractivity contribution in [3.63, 3.8) is 0 Å². The highest BCUT2D eigenvalue weighted by atomic mass is 79.9. The van der Waals surface area contributed by atoms with E-state index >= 15 is 0 Å². The van der Waals surface area contributed by atoms with Gasteiger partial charge in [-0.3, -0.25) is 0 Å². The number of benzene rings is 1. The van der Waals surface area contributed by atoms with Crippen LogP contribution in [0.3, 0.4) is 0 Å². The SMILES string of the molecule is NC1CCCC(c2ncc(-c3ccc(Br)cc3F)[nH]2)C1. The zero-order chi connectivity index (χ0) is 14.1. The topological polar surface area (TPSA) is 54.7 Å². The van der Waals surface area contributed by atoms with Crippen molar-refractivity contribution in [3.8, 4) is 11.3 Å². The minimum absolute atomic E-state index is 0.255. The zero-order valence-corrected chi connectivity index (χ0v) is 12.7. The highest BCUT2D eigenvalue weighted by molar-refractivity contribution is 9.10. The number of halogens is 2. The van der Waals surface area contributed by atoms with Gasteiger partial charge in [-0.15, -0.1) is 0 Å². The van der Waals surface area contributed by atoms with Gasteiger partial charge >= 0.3 is 0 Å². The first-order chi connectivity index (χ1) is 9.63. The fourth-order valence-corrected chi connectivity index (χ4v) is 3.20. The van der Waals surface area contributed by atoms with Crippen molar-refractivity contribution < 1.29 is 4.39 Å². The van der Waals surface area contributed by atoms with Crippen molar-refractivity contribution in [1.29, 1.82) is 0 Å². The van der Waals surface area contributed by atoms with E-state index in [-0.39, 0.29) is 11.9 Å². The third-order valence-corrected chi connectivity index (χ3v) is 4.41. The molecule has 106 valence electrons. The molecule has 3 N–H and O–H groups in total. The number of nitrogens with two attached hydrogens (primary N) is 1. The van der Waals surface area contributed by atoms with E-state index in [2.05, 4.69) is 25.9 Å². The van der Waals surface area contributed by atoms with Crippen LogP contribution >= 0.6 is 15.9 Å². The highest BCUT2D eigenvalue weighted by Crippen LogP contribution is 2.32. The number of nitrogens with zero attached hydrogens (tertiary/aromatic N) is 1. The molecule has 5 heteroatoms. The van der Waals surface area contributed by atoms with Crippen LogP contribution in [0.1, 0.15) is 37.4 Å². The van der Waals surface area contributed by atoms with Gasteiger partial charge < -0.3 is 10.7 Å². The van der Waals surface area contributed by atoms with Crippen LogP contribution in [0.25, 0.3) is 11.3 Å². The molecule has 1 aromatic carbocycles. The molecule has 20 heavy (non-hydrogen) atoms. The molecule has 0 saturated heterocycles. The molecule has 3 nitrogen and oxygen atoms in total. The van der Waals surface area contributed by atoms with E-state index in [1.54, 1.807) is 12.3 Å². The number of H-pyrrole nitrogens is 1. The van der Waals surface area contributed by atoms with Gasteiger partial charge in [-0.1, -0.05) is 22.4 Å². The second-order valence-corrected chi connectivity index (χ2v) is 6.35. The maximum Gasteiger partial charge on any atom is 0.133 e. The van der Waals surface area contributed by atoms with E-state index in [1.807, 2.05) is 6.07 Å². The standard InChI is InChI=1S/C15H17BrFN3/c16-10-4-5-12(13(17)7-10)14-8-19-15(20-14)9-2-1-3-11(18)6-9/h4-5,7-9,11H,1-3,6,18H2,(H,19,20). The minimum atomic E-state index is -0.255. The Morgan fingerprint density at radius 3 is 2.95 bits per heavy atom. The molecule has 2 atom stereocenters. The van der Waals surface area contributed by atoms with Crippen LogP contribution in [0, 0.1) is 5.82 Å². The van der Waals surface area contributed by atoms with Crippen molar-refractivity contribution >= 4 is 15.9 Å². The molecule has 0 radical (unpaired) electrons. The van der Waals surface area contributed by atoms with Gasteiger partial charge in [-0.05, 0) is 37.5 Å². The number of nitrogens with one attached hydrogen (secondary N) is 1. The first-order valence-corrected chi connectivity index (χ1v) is 7.68. The monoisotopic (exact) mass is 337 g/mol. The van der Waals surface area contributed by atoms with Crippen LogP contribution in [0.15, 0.2) is 28.9 Å². The maximum atomic E-state index is 14.0. The third kappa shape index (κ3) is 2.79. The van der Waals surface area contributed by atoms with Crippen LogP contribution in [0.2, 0.25) is 0 Å². The summed E-state index contributed by atoms with van der Waals surface area (Å²) in [5.74, 6) is 1.04. The Bertz CT molecular complexity index is 611. The van der Waals surface area contributed by atoms with Crippen LogP contribution < -0.4 is 5.73 Å². The number of aromatic nitrogens is 2. The molecule has 1 aliphatic carbocycles. The molecule has 1 saturated carbocycles. The zero-order valence-electron chi connectivity index (χ0n) is 11.1. The molecular weight excluding hydrogens is 321 g/mol. The first kappa shape index (κ1) is 13.8. The predicted molar refractivity (Wildman–Crippen MR) is 80.9 cm³/mol. The Kier molecular flexibility index (Phi) is 3.89. The van der Waals surface area contributed by atoms with Crippen molar-refractivity contribution in [2.75, 3.05) is 0 Å². The van der Waals surface area contributed by atoms with Gasteiger partial charge in [0.1, 0.15) is 11.6 Å². The van der Waals surface area contributed by atoms with E-state index in [0.717, 1.165) is 41.7 Å². The fourth-order valence-electron chi connectivity index (χ4n) is 2.86. The van der Waals surface area contributed by atoms with E-state index in [1.165, 1.54) is 6.07 Å². The molecule has 0 spiro atoms. The summed E-state index contributed by atoms with van der Waals surface area (Å²) in [7, 11) is 0. The van der Waals surface area contributed by atoms with Gasteiger partial charge in [0.05, 0.1) is 11.9 Å². The Hall–Kier alpha value is -1.20. The molecular formula is C15H17BrFN3. The summed E-state index contributed by atoms with van der Waals surface area (Å²) < 4.78 is 14.7. The summed E-state index contributed by atoms with van der Waals surface area (Å²) in [6.07, 6.45) is 5.99. The quantitative estimate of drug-likeness (QED) is 0.871. The highest BCUT2D eigenvalue weighted by Gasteiger charge is 2.23. The van der Waals surface area contributed by atoms with Crippen molar-refractivity contribution in [2.24, 2.45) is 5.73 Å². The molecule has 0 amide bonds. The summed E-state index contributed by atoms with van der Waals surface area (Å²) in [6, 6.07) is 5.30. The Morgan fingerprint density at radius 2 is 2.20 bits per heavy atom. The summed E-state index contributed by atoms with van der Waals surface area (Å²) >= 11 is 3.26. The molecule has 2 aromatic rings. The second-order valence-electron chi connectivity index (χ2n) is 5.43. The average Bonchev–Trinajstić information content (AvgIpc) is 2.88. The van der Waals surface area contributed by atoms with E-state index in [9.17, 15) is 4.39 Å². The van der Waals surface area contributed by atoms with Crippen molar-refractivity contribution in [1.82, 2.24) is 9.97 Å². The van der Waals surface area contributed by atoms with Gasteiger partial charge in [0.15, 0.2) is 0 Å². The Labute approximate surface area is 125 Å². The van der Waals surface area contributed by atoms with Crippen LogP contribution in [-0.4, -0.2) is 16.0 Å². The lowest BCUT2D eigenvalue weighted by Gasteiger charge is -2.24. The molecule has 1 aliphatic rings. The average molecular weight is 338 g/mol. The van der Waals surface area contributed by atoms with Crippen molar-refractivity contribution in [2.45, 2.75) is 37.6 Å². The van der Waals surface area contributed by atoms with Gasteiger partial charge in [-0.2, -0.15) is 0 Å². The Balaban J connectivity index is 1.86. The summed E-state index contributed by atoms with van der Waals surface area (Å²) in [4.78, 5) is 7.68. The molecule has 0 bridgehead atoms. The van der Waals surface area contributed by atoms with Crippen LogP contribution in [-0.2, 0) is 0 Å². The van der Waals surface area contributed by atoms with Gasteiger partial charge in [0, 0.05) is 22.0 Å². The largest absolute Gasteiger partial charge is 0.342 e. The number of hydrogen-bond donors (Lipinski definition) is 2. The lowest BCUT2D eigenvalue weighted by atomic mass is 9.86. The molecule has 2 unspecified atom stereocenters. The summed E-state index contributed by atoms with van der Waals surface area (Å²) in [5.41, 5.74) is 7.29. The van der Waals surface area contributed by atoms with Crippen LogP contribution in [0.5, 0.6) is 0 Å². The lowest BCUT2D eigenvalue weighted by molar-refractivity contribution is 0.383. The van der Waals surface area contributed by atoms with Gasteiger partial charge in [0.2, 0.25) is 0 Å². The normalized spacial score (nSPS) is 22.9. The minimum Gasteiger partial charge on any atom is -0.342 e. The third-order valence-electron chi connectivity index (χ3n) is 3.92. The number of rotatable bonds is 2. The van der Waals surface area contributed by atoms with Gasteiger partial charge in [0.25, 0.3) is 0 Å². The van der Waals surface area contributed by atoms with Crippen LogP contribution in [0.4, 0.5) is 4.39 Å². The van der Waals surface area contributed by atoms with E-state index < -0.39 is 0 Å². The number of hydrogen-bond acceptors (Lipinski definition) is 2. The molecule has 1 heterocycles. The number of imidazole rings is 1. The van der Waals surface area contributed by atoms with Gasteiger partial charge in [-0.25, -0.2) is 9.37 Å². The van der Waals surface area contributed by atoms with E-state index in [0.29, 0.717) is 11.5 Å². The Morgan fingerprint density at radius 1 is 1.35 bits per heavy atom. The van der Waals surface area contributed by atoms with E-state index in [4.69, 9.17) is 5.73 Å². The molecule has 1 fully saturated rings. The first-order valence-electron chi connectivity index (χ1n) is 6.89. The molecule has 3 rings (SSSR count). The maximum absolute atomic E-state index is 14.0. The predicted octanol–water partition coefficient (Wildman–Crippen LogP) is 3.96.